The molecule has 0 radical (unpaired) electrons. The quantitative estimate of drug-likeness (QED) is 0.298. The van der Waals surface area contributed by atoms with Gasteiger partial charge in [0, 0.05) is 44.8 Å². The minimum Gasteiger partial charge on any atom is -0.493 e. The van der Waals surface area contributed by atoms with Gasteiger partial charge in [0.1, 0.15) is 21.8 Å². The SMILES string of the molecule is CCCCn1c(N2CCN(C)CC2)c(/C=C2\SC(=S)N(CCc3ccc(OC)c(OC)c3)C2=O)c(C)c(C#N)c1=O. The van der Waals surface area contributed by atoms with Crippen molar-refractivity contribution in [3.8, 4) is 17.6 Å². The topological polar surface area (TPSA) is 91.0 Å². The Kier molecular flexibility index (Phi) is 10.1. The standard InChI is InChI=1S/C30H37N5O4S2/c1-6-7-11-34-27(33-15-13-32(3)14-16-33)22(20(2)23(19-31)28(34)36)18-26-29(37)35(30(40)41-26)12-10-21-8-9-24(38-4)25(17-21)39-5/h8-9,17-18H,6-7,10-16H2,1-5H3/b26-18-. The number of methoxy groups -OCH3 is 2. The van der Waals surface area contributed by atoms with E-state index in [4.69, 9.17) is 21.7 Å². The Morgan fingerprint density at radius 3 is 2.44 bits per heavy atom. The van der Waals surface area contributed by atoms with E-state index in [-0.39, 0.29) is 17.0 Å². The highest BCUT2D eigenvalue weighted by Crippen LogP contribution is 2.36. The molecule has 2 aliphatic heterocycles. The zero-order valence-corrected chi connectivity index (χ0v) is 26.0. The Bertz CT molecular complexity index is 1450. The van der Waals surface area contributed by atoms with Crippen LogP contribution in [0.5, 0.6) is 11.5 Å². The van der Waals surface area contributed by atoms with Crippen LogP contribution in [0, 0.1) is 18.3 Å². The molecule has 218 valence electrons. The van der Waals surface area contributed by atoms with E-state index in [1.54, 1.807) is 30.6 Å². The molecule has 0 saturated carbocycles. The molecule has 0 spiro atoms. The number of nitriles is 1. The molecule has 9 nitrogen and oxygen atoms in total. The molecule has 2 fully saturated rings. The first-order chi connectivity index (χ1) is 19.7. The minimum absolute atomic E-state index is 0.120. The normalized spacial score (nSPS) is 16.9. The predicted octanol–water partition coefficient (Wildman–Crippen LogP) is 4.04. The average Bonchev–Trinajstić information content (AvgIpc) is 3.24. The zero-order chi connectivity index (χ0) is 29.7. The molecule has 0 unspecified atom stereocenters. The summed E-state index contributed by atoms with van der Waals surface area (Å²) in [4.78, 5) is 33.7. The molecule has 0 bridgehead atoms. The van der Waals surface area contributed by atoms with Crippen LogP contribution in [0.25, 0.3) is 6.08 Å². The molecule has 0 aliphatic carbocycles. The number of likely N-dealkylation sites (N-methyl/N-ethyl adjacent to an activating group) is 1. The van der Waals surface area contributed by atoms with E-state index in [1.165, 1.54) is 11.8 Å². The Hall–Kier alpha value is -3.33. The molecule has 4 rings (SSSR count). The average molecular weight is 596 g/mol. The molecule has 0 N–H and O–H groups in total. The van der Waals surface area contributed by atoms with Crippen LogP contribution < -0.4 is 19.9 Å². The van der Waals surface area contributed by atoms with Crippen LogP contribution in [0.1, 0.15) is 42.0 Å². The monoisotopic (exact) mass is 595 g/mol. The number of thioether (sulfide) groups is 1. The van der Waals surface area contributed by atoms with Gasteiger partial charge in [0.05, 0.1) is 19.1 Å². The molecule has 2 saturated heterocycles. The summed E-state index contributed by atoms with van der Waals surface area (Å²) in [6, 6.07) is 7.83. The summed E-state index contributed by atoms with van der Waals surface area (Å²) >= 11 is 6.89. The van der Waals surface area contributed by atoms with Crippen LogP contribution in [-0.4, -0.2) is 78.6 Å². The van der Waals surface area contributed by atoms with Gasteiger partial charge >= 0.3 is 0 Å². The second-order valence-corrected chi connectivity index (χ2v) is 11.9. The van der Waals surface area contributed by atoms with Gasteiger partial charge < -0.3 is 19.3 Å². The van der Waals surface area contributed by atoms with Gasteiger partial charge in [0.25, 0.3) is 11.5 Å². The molecule has 2 aliphatic rings. The Morgan fingerprint density at radius 2 is 1.80 bits per heavy atom. The molecule has 41 heavy (non-hydrogen) atoms. The second kappa shape index (κ2) is 13.6. The Morgan fingerprint density at radius 1 is 1.10 bits per heavy atom. The second-order valence-electron chi connectivity index (χ2n) is 10.2. The number of ether oxygens (including phenoxy) is 2. The zero-order valence-electron chi connectivity index (χ0n) is 24.4. The minimum atomic E-state index is -0.271. The summed E-state index contributed by atoms with van der Waals surface area (Å²) in [5, 5.41) is 9.93. The summed E-state index contributed by atoms with van der Waals surface area (Å²) in [5.74, 6) is 1.89. The van der Waals surface area contributed by atoms with E-state index < -0.39 is 0 Å². The molecule has 1 amide bonds. The number of thiocarbonyl (C=S) groups is 1. The number of nitrogens with zero attached hydrogens (tertiary/aromatic N) is 5. The van der Waals surface area contributed by atoms with Crippen LogP contribution in [0.15, 0.2) is 27.9 Å². The van der Waals surface area contributed by atoms with E-state index in [0.29, 0.717) is 45.8 Å². The number of anilines is 1. The highest BCUT2D eigenvalue weighted by atomic mass is 32.2. The molecule has 11 heteroatoms. The number of benzene rings is 1. The van der Waals surface area contributed by atoms with Crippen LogP contribution in [-0.2, 0) is 17.8 Å². The van der Waals surface area contributed by atoms with Crippen molar-refractivity contribution in [2.75, 3.05) is 58.9 Å². The van der Waals surface area contributed by atoms with Crippen molar-refractivity contribution in [2.24, 2.45) is 0 Å². The maximum Gasteiger partial charge on any atom is 0.270 e. The van der Waals surface area contributed by atoms with Crippen LogP contribution in [0.3, 0.4) is 0 Å². The summed E-state index contributed by atoms with van der Waals surface area (Å²) < 4.78 is 13.0. The number of carbonyl (C=O) groups is 1. The predicted molar refractivity (Wildman–Crippen MR) is 168 cm³/mol. The number of hydrogen-bond donors (Lipinski definition) is 0. The summed E-state index contributed by atoms with van der Waals surface area (Å²) in [7, 11) is 5.27. The van der Waals surface area contributed by atoms with E-state index in [9.17, 15) is 14.9 Å². The van der Waals surface area contributed by atoms with Crippen molar-refractivity contribution in [3.05, 3.63) is 55.7 Å². The third-order valence-corrected chi connectivity index (χ3v) is 8.98. The maximum atomic E-state index is 13.6. The molecule has 1 aromatic heterocycles. The summed E-state index contributed by atoms with van der Waals surface area (Å²) in [6.45, 7) is 8.03. The lowest BCUT2D eigenvalue weighted by atomic mass is 10.0. The number of pyridine rings is 1. The van der Waals surface area contributed by atoms with Crippen molar-refractivity contribution < 1.29 is 14.3 Å². The third kappa shape index (κ3) is 6.45. The van der Waals surface area contributed by atoms with Crippen molar-refractivity contribution in [2.45, 2.75) is 39.7 Å². The van der Waals surface area contributed by atoms with E-state index in [0.717, 1.165) is 56.0 Å². The van der Waals surface area contributed by atoms with E-state index in [2.05, 4.69) is 29.8 Å². The lowest BCUT2D eigenvalue weighted by molar-refractivity contribution is -0.122. The first-order valence-electron chi connectivity index (χ1n) is 13.8. The lowest BCUT2D eigenvalue weighted by Gasteiger charge is -2.36. The smallest absolute Gasteiger partial charge is 0.270 e. The van der Waals surface area contributed by atoms with E-state index in [1.807, 2.05) is 24.3 Å². The van der Waals surface area contributed by atoms with Crippen LogP contribution in [0.2, 0.25) is 0 Å². The number of amides is 1. The Labute approximate surface area is 251 Å². The van der Waals surface area contributed by atoms with Gasteiger partial charge in [-0.15, -0.1) is 0 Å². The highest BCUT2D eigenvalue weighted by Gasteiger charge is 2.33. The first kappa shape index (κ1) is 30.6. The van der Waals surface area contributed by atoms with Gasteiger partial charge in [-0.3, -0.25) is 19.1 Å². The highest BCUT2D eigenvalue weighted by molar-refractivity contribution is 8.26. The van der Waals surface area contributed by atoms with Crippen molar-refractivity contribution in [1.82, 2.24) is 14.4 Å². The fraction of sp³-hybridized carbons (Fsp3) is 0.467. The van der Waals surface area contributed by atoms with Crippen molar-refractivity contribution in [3.63, 3.8) is 0 Å². The molecule has 1 aromatic carbocycles. The molecular weight excluding hydrogens is 558 g/mol. The number of carbonyl (C=O) groups excluding carboxylic acids is 1. The summed E-state index contributed by atoms with van der Waals surface area (Å²) in [5.41, 5.74) is 2.17. The number of rotatable bonds is 10. The number of aromatic nitrogens is 1. The fourth-order valence-electron chi connectivity index (χ4n) is 5.13. The van der Waals surface area contributed by atoms with Crippen LogP contribution in [0.4, 0.5) is 5.82 Å². The Balaban J connectivity index is 1.70. The van der Waals surface area contributed by atoms with Gasteiger partial charge in [-0.25, -0.2) is 0 Å². The van der Waals surface area contributed by atoms with Gasteiger partial charge in [0.15, 0.2) is 11.5 Å². The largest absolute Gasteiger partial charge is 0.493 e. The van der Waals surface area contributed by atoms with Crippen molar-refractivity contribution in [1.29, 1.82) is 5.26 Å². The van der Waals surface area contributed by atoms with Crippen molar-refractivity contribution >= 4 is 46.1 Å². The van der Waals surface area contributed by atoms with Crippen LogP contribution >= 0.6 is 24.0 Å². The maximum absolute atomic E-state index is 13.6. The number of unbranched alkanes of at least 4 members (excludes halogenated alkanes) is 1. The summed E-state index contributed by atoms with van der Waals surface area (Å²) in [6.07, 6.45) is 4.15. The molecule has 2 aromatic rings. The molecule has 3 heterocycles. The third-order valence-electron chi connectivity index (χ3n) is 7.61. The number of hydrogen-bond acceptors (Lipinski definition) is 9. The van der Waals surface area contributed by atoms with E-state index >= 15 is 0 Å². The lowest BCUT2D eigenvalue weighted by Crippen LogP contribution is -2.47. The van der Waals surface area contributed by atoms with Gasteiger partial charge in [-0.1, -0.05) is 43.4 Å². The fourth-order valence-corrected chi connectivity index (χ4v) is 6.42. The molecule has 0 atom stereocenters. The van der Waals surface area contributed by atoms with Gasteiger partial charge in [-0.2, -0.15) is 5.26 Å². The first-order valence-corrected chi connectivity index (χ1v) is 15.0. The molecular formula is C30H37N5O4S2. The number of piperazine rings is 1. The van der Waals surface area contributed by atoms with Gasteiger partial charge in [-0.05, 0) is 56.1 Å². The van der Waals surface area contributed by atoms with Gasteiger partial charge in [0.2, 0.25) is 0 Å².